The summed E-state index contributed by atoms with van der Waals surface area (Å²) in [6.45, 7) is 1.71. The fourth-order valence-electron chi connectivity index (χ4n) is 2.25. The summed E-state index contributed by atoms with van der Waals surface area (Å²) in [4.78, 5) is 0. The first-order valence-corrected chi connectivity index (χ1v) is 6.01. The average molecular weight is 225 g/mol. The first-order valence-electron chi connectivity index (χ1n) is 5.61. The van der Waals surface area contributed by atoms with E-state index in [4.69, 9.17) is 17.0 Å². The van der Waals surface area contributed by atoms with Gasteiger partial charge in [-0.05, 0) is 37.9 Å². The normalized spacial score (nSPS) is 23.2. The summed E-state index contributed by atoms with van der Waals surface area (Å²) in [5.74, 6) is 1.69. The molecule has 0 atom stereocenters. The Kier molecular flexibility index (Phi) is 2.36. The number of hydrogen-bond donors (Lipinski definition) is 1. The molecule has 0 amide bonds. The van der Waals surface area contributed by atoms with E-state index < -0.39 is 0 Å². The third-order valence-electron chi connectivity index (χ3n) is 3.23. The molecule has 1 aliphatic heterocycles. The minimum atomic E-state index is 0.535. The van der Waals surface area contributed by atoms with E-state index in [0.717, 1.165) is 36.7 Å². The minimum Gasteiger partial charge on any atom is -0.381 e. The Bertz CT molecular complexity index is 401. The highest BCUT2D eigenvalue weighted by Gasteiger charge is 2.30. The van der Waals surface area contributed by atoms with Gasteiger partial charge in [0.1, 0.15) is 5.82 Å². The molecule has 0 spiro atoms. The van der Waals surface area contributed by atoms with E-state index in [1.54, 1.807) is 0 Å². The Balaban J connectivity index is 1.92. The Hall–Kier alpha value is -0.680. The predicted octanol–water partition coefficient (Wildman–Crippen LogP) is 2.17. The number of aromatic nitrogens is 3. The van der Waals surface area contributed by atoms with Gasteiger partial charge in [0.25, 0.3) is 0 Å². The van der Waals surface area contributed by atoms with Crippen LogP contribution in [0.3, 0.4) is 0 Å². The van der Waals surface area contributed by atoms with Crippen molar-refractivity contribution >= 4 is 12.2 Å². The van der Waals surface area contributed by atoms with E-state index in [1.165, 1.54) is 12.8 Å². The van der Waals surface area contributed by atoms with Crippen molar-refractivity contribution in [2.24, 2.45) is 0 Å². The van der Waals surface area contributed by atoms with Crippen LogP contribution in [-0.2, 0) is 4.74 Å². The first kappa shape index (κ1) is 9.54. The second kappa shape index (κ2) is 3.72. The van der Waals surface area contributed by atoms with Crippen LogP contribution in [0.5, 0.6) is 0 Å². The molecule has 1 saturated heterocycles. The van der Waals surface area contributed by atoms with Crippen molar-refractivity contribution < 1.29 is 4.74 Å². The van der Waals surface area contributed by atoms with E-state index in [0.29, 0.717) is 12.0 Å². The van der Waals surface area contributed by atoms with Crippen LogP contribution in [0.25, 0.3) is 0 Å². The van der Waals surface area contributed by atoms with Crippen molar-refractivity contribution in [1.29, 1.82) is 0 Å². The van der Waals surface area contributed by atoms with E-state index >= 15 is 0 Å². The molecule has 0 aromatic carbocycles. The molecule has 15 heavy (non-hydrogen) atoms. The lowest BCUT2D eigenvalue weighted by atomic mass is 9.99. The van der Waals surface area contributed by atoms with E-state index in [2.05, 4.69) is 14.8 Å². The summed E-state index contributed by atoms with van der Waals surface area (Å²) in [6, 6.07) is 0.620. The summed E-state index contributed by atoms with van der Waals surface area (Å²) in [6.07, 6.45) is 4.66. The highest BCUT2D eigenvalue weighted by Crippen LogP contribution is 2.38. The van der Waals surface area contributed by atoms with Gasteiger partial charge in [0.05, 0.1) is 0 Å². The van der Waals surface area contributed by atoms with Gasteiger partial charge in [0.2, 0.25) is 0 Å². The van der Waals surface area contributed by atoms with Crippen molar-refractivity contribution in [2.75, 3.05) is 13.2 Å². The molecular formula is C10H15N3OS. The molecule has 3 rings (SSSR count). The maximum atomic E-state index is 5.37. The van der Waals surface area contributed by atoms with Gasteiger partial charge in [-0.15, -0.1) is 0 Å². The van der Waals surface area contributed by atoms with Gasteiger partial charge in [-0.1, -0.05) is 0 Å². The molecule has 1 saturated carbocycles. The van der Waals surface area contributed by atoms with Crippen LogP contribution in [0.2, 0.25) is 0 Å². The number of hydrogen-bond acceptors (Lipinski definition) is 3. The SMILES string of the molecule is S=c1[nH]nc(C2CCOCC2)n1C1CC1. The Labute approximate surface area is 93.6 Å². The highest BCUT2D eigenvalue weighted by molar-refractivity contribution is 7.71. The first-order chi connectivity index (χ1) is 7.36. The van der Waals surface area contributed by atoms with Crippen molar-refractivity contribution in [3.63, 3.8) is 0 Å². The molecule has 0 unspecified atom stereocenters. The lowest BCUT2D eigenvalue weighted by molar-refractivity contribution is 0.0827. The molecule has 1 N–H and O–H groups in total. The van der Waals surface area contributed by atoms with Gasteiger partial charge in [0, 0.05) is 25.2 Å². The van der Waals surface area contributed by atoms with Crippen LogP contribution in [0.4, 0.5) is 0 Å². The second-order valence-corrected chi connectivity index (χ2v) is 4.76. The molecule has 2 heterocycles. The number of aromatic amines is 1. The van der Waals surface area contributed by atoms with Crippen LogP contribution in [0, 0.1) is 4.77 Å². The number of rotatable bonds is 2. The number of H-pyrrole nitrogens is 1. The van der Waals surface area contributed by atoms with Crippen LogP contribution in [-0.4, -0.2) is 28.0 Å². The van der Waals surface area contributed by atoms with E-state index in [1.807, 2.05) is 0 Å². The van der Waals surface area contributed by atoms with Crippen molar-refractivity contribution in [1.82, 2.24) is 14.8 Å². The molecule has 1 aromatic heterocycles. The van der Waals surface area contributed by atoms with Gasteiger partial charge in [-0.25, -0.2) is 0 Å². The van der Waals surface area contributed by atoms with Gasteiger partial charge in [-0.3, -0.25) is 5.10 Å². The summed E-state index contributed by atoms with van der Waals surface area (Å²) in [5.41, 5.74) is 0. The third kappa shape index (κ3) is 1.74. The summed E-state index contributed by atoms with van der Waals surface area (Å²) in [5, 5.41) is 7.32. The van der Waals surface area contributed by atoms with Crippen molar-refractivity contribution in [3.8, 4) is 0 Å². The van der Waals surface area contributed by atoms with Gasteiger partial charge >= 0.3 is 0 Å². The predicted molar refractivity (Wildman–Crippen MR) is 58.5 cm³/mol. The number of ether oxygens (including phenoxy) is 1. The minimum absolute atomic E-state index is 0.535. The fourth-order valence-corrected chi connectivity index (χ4v) is 2.53. The Morgan fingerprint density at radius 1 is 1.27 bits per heavy atom. The third-order valence-corrected chi connectivity index (χ3v) is 3.52. The molecule has 0 bridgehead atoms. The van der Waals surface area contributed by atoms with Crippen LogP contribution in [0.1, 0.15) is 43.5 Å². The summed E-state index contributed by atoms with van der Waals surface area (Å²) in [7, 11) is 0. The quantitative estimate of drug-likeness (QED) is 0.784. The maximum absolute atomic E-state index is 5.37. The second-order valence-electron chi connectivity index (χ2n) is 4.37. The van der Waals surface area contributed by atoms with Gasteiger partial charge in [0.15, 0.2) is 4.77 Å². The van der Waals surface area contributed by atoms with Gasteiger partial charge in [-0.2, -0.15) is 5.10 Å². The van der Waals surface area contributed by atoms with Crippen molar-refractivity contribution in [3.05, 3.63) is 10.6 Å². The molecule has 2 aliphatic rings. The molecule has 4 nitrogen and oxygen atoms in total. The summed E-state index contributed by atoms with van der Waals surface area (Å²) < 4.78 is 8.39. The lowest BCUT2D eigenvalue weighted by Crippen LogP contribution is -2.18. The van der Waals surface area contributed by atoms with Gasteiger partial charge < -0.3 is 9.30 Å². The summed E-state index contributed by atoms with van der Waals surface area (Å²) >= 11 is 5.27. The molecule has 5 heteroatoms. The van der Waals surface area contributed by atoms with Crippen LogP contribution < -0.4 is 0 Å². The largest absolute Gasteiger partial charge is 0.381 e. The molecular weight excluding hydrogens is 210 g/mol. The lowest BCUT2D eigenvalue weighted by Gasteiger charge is -2.21. The fraction of sp³-hybridized carbons (Fsp3) is 0.800. The topological polar surface area (TPSA) is 42.8 Å². The highest BCUT2D eigenvalue weighted by atomic mass is 32.1. The molecule has 1 aliphatic carbocycles. The molecule has 0 radical (unpaired) electrons. The van der Waals surface area contributed by atoms with Crippen LogP contribution in [0.15, 0.2) is 0 Å². The maximum Gasteiger partial charge on any atom is 0.195 e. The monoisotopic (exact) mass is 225 g/mol. The standard InChI is InChI=1S/C10H15N3OS/c15-10-12-11-9(13(10)8-1-2-8)7-3-5-14-6-4-7/h7-8H,1-6H2,(H,12,15). The molecule has 82 valence electrons. The zero-order valence-corrected chi connectivity index (χ0v) is 9.42. The van der Waals surface area contributed by atoms with E-state index in [9.17, 15) is 0 Å². The Morgan fingerprint density at radius 3 is 2.67 bits per heavy atom. The smallest absolute Gasteiger partial charge is 0.195 e. The zero-order chi connectivity index (χ0) is 10.3. The van der Waals surface area contributed by atoms with E-state index in [-0.39, 0.29) is 0 Å². The zero-order valence-electron chi connectivity index (χ0n) is 8.61. The Morgan fingerprint density at radius 2 is 2.00 bits per heavy atom. The molecule has 1 aromatic rings. The number of nitrogens with zero attached hydrogens (tertiary/aromatic N) is 2. The van der Waals surface area contributed by atoms with Crippen LogP contribution >= 0.6 is 12.2 Å². The average Bonchev–Trinajstić information content (AvgIpc) is 3.03. The van der Waals surface area contributed by atoms with Crippen molar-refractivity contribution in [2.45, 2.75) is 37.6 Å². The number of nitrogens with one attached hydrogen (secondary N) is 1. The molecule has 2 fully saturated rings.